The van der Waals surface area contributed by atoms with Gasteiger partial charge in [-0.15, -0.1) is 11.3 Å². The monoisotopic (exact) mass is 495 g/mol. The van der Waals surface area contributed by atoms with Gasteiger partial charge in [0.1, 0.15) is 6.04 Å². The van der Waals surface area contributed by atoms with E-state index >= 15 is 0 Å². The maximum atomic E-state index is 13.5. The largest absolute Gasteiger partial charge is 0.465 e. The second kappa shape index (κ2) is 9.30. The molecule has 2 aromatic heterocycles. The second-order valence-electron chi connectivity index (χ2n) is 7.34. The van der Waals surface area contributed by atoms with Gasteiger partial charge in [0.2, 0.25) is 15.8 Å². The van der Waals surface area contributed by atoms with Gasteiger partial charge in [0.15, 0.2) is 0 Å². The number of piperidine rings is 1. The number of sulfonamides is 1. The first-order valence-electron chi connectivity index (χ1n) is 10.2. The molecule has 170 valence electrons. The average Bonchev–Trinajstić information content (AvgIpc) is 3.41. The first kappa shape index (κ1) is 22.9. The highest BCUT2D eigenvalue weighted by Gasteiger charge is 2.39. The zero-order chi connectivity index (χ0) is 22.9. The number of esters is 1. The number of aromatic nitrogens is 2. The first-order valence-corrected chi connectivity index (χ1v) is 12.8. The minimum absolute atomic E-state index is 0.135. The molecule has 0 aliphatic carbocycles. The highest BCUT2D eigenvalue weighted by molar-refractivity contribution is 7.89. The van der Waals surface area contributed by atoms with Crippen LogP contribution in [0.15, 0.2) is 39.8 Å². The van der Waals surface area contributed by atoms with Crippen molar-refractivity contribution in [2.45, 2.75) is 44.0 Å². The smallest absolute Gasteiger partial charge is 0.324 e. The summed E-state index contributed by atoms with van der Waals surface area (Å²) in [6.07, 6.45) is 1.91. The molecule has 0 saturated carbocycles. The molecule has 0 bridgehead atoms. The Morgan fingerprint density at radius 2 is 2.16 bits per heavy atom. The van der Waals surface area contributed by atoms with E-state index in [2.05, 4.69) is 10.1 Å². The molecule has 0 radical (unpaired) electrons. The van der Waals surface area contributed by atoms with Crippen LogP contribution in [0.3, 0.4) is 0 Å². The second-order valence-corrected chi connectivity index (χ2v) is 10.9. The van der Waals surface area contributed by atoms with Crippen molar-refractivity contribution in [1.29, 1.82) is 0 Å². The average molecular weight is 496 g/mol. The zero-order valence-corrected chi connectivity index (χ0v) is 20.0. The quantitative estimate of drug-likeness (QED) is 0.462. The van der Waals surface area contributed by atoms with Crippen LogP contribution in [-0.4, -0.2) is 48.0 Å². The van der Waals surface area contributed by atoms with Crippen LogP contribution in [0.1, 0.15) is 31.1 Å². The van der Waals surface area contributed by atoms with Crippen LogP contribution in [0, 0.1) is 6.92 Å². The Kier molecular flexibility index (Phi) is 6.66. The van der Waals surface area contributed by atoms with Gasteiger partial charge in [0.05, 0.1) is 16.4 Å². The van der Waals surface area contributed by atoms with Gasteiger partial charge in [0.25, 0.3) is 5.89 Å². The number of thiophene rings is 1. The van der Waals surface area contributed by atoms with Crippen LogP contribution in [0.4, 0.5) is 0 Å². The van der Waals surface area contributed by atoms with Gasteiger partial charge in [-0.2, -0.15) is 9.29 Å². The SMILES string of the molecule is CCOC(=O)[C@@H]1CCCCN1S(=O)(=O)c1cc(-c2nc(-c3cccc(Cl)c3)no2)sc1C. The number of carbonyl (C=O) groups is 1. The van der Waals surface area contributed by atoms with Crippen molar-refractivity contribution < 1.29 is 22.5 Å². The summed E-state index contributed by atoms with van der Waals surface area (Å²) in [5, 5.41) is 4.54. The van der Waals surface area contributed by atoms with E-state index in [4.69, 9.17) is 20.9 Å². The number of rotatable bonds is 6. The summed E-state index contributed by atoms with van der Waals surface area (Å²) in [5.74, 6) is 0.0680. The van der Waals surface area contributed by atoms with E-state index in [1.807, 2.05) is 6.07 Å². The van der Waals surface area contributed by atoms with Gasteiger partial charge in [-0.3, -0.25) is 4.79 Å². The minimum atomic E-state index is -3.91. The number of hydrogen-bond donors (Lipinski definition) is 0. The van der Waals surface area contributed by atoms with E-state index in [9.17, 15) is 13.2 Å². The summed E-state index contributed by atoms with van der Waals surface area (Å²) in [6.45, 7) is 3.91. The van der Waals surface area contributed by atoms with Crippen LogP contribution < -0.4 is 0 Å². The van der Waals surface area contributed by atoms with E-state index in [1.165, 1.54) is 21.7 Å². The maximum absolute atomic E-state index is 13.5. The molecule has 1 saturated heterocycles. The Morgan fingerprint density at radius 1 is 1.34 bits per heavy atom. The molecule has 32 heavy (non-hydrogen) atoms. The van der Waals surface area contributed by atoms with Crippen molar-refractivity contribution in [3.05, 3.63) is 40.2 Å². The van der Waals surface area contributed by atoms with Crippen molar-refractivity contribution in [2.75, 3.05) is 13.2 Å². The lowest BCUT2D eigenvalue weighted by Crippen LogP contribution is -2.48. The van der Waals surface area contributed by atoms with Gasteiger partial charge in [0, 0.05) is 22.0 Å². The van der Waals surface area contributed by atoms with Crippen molar-refractivity contribution >= 4 is 38.9 Å². The Bertz CT molecular complexity index is 1240. The van der Waals surface area contributed by atoms with E-state index in [0.717, 1.165) is 6.42 Å². The van der Waals surface area contributed by atoms with E-state index in [1.54, 1.807) is 32.0 Å². The molecule has 4 rings (SSSR count). The maximum Gasteiger partial charge on any atom is 0.324 e. The number of nitrogens with zero attached hydrogens (tertiary/aromatic N) is 3. The van der Waals surface area contributed by atoms with Crippen molar-refractivity contribution in [2.24, 2.45) is 0 Å². The van der Waals surface area contributed by atoms with Crippen LogP contribution in [-0.2, 0) is 19.6 Å². The summed E-state index contributed by atoms with van der Waals surface area (Å²) in [7, 11) is -3.91. The molecule has 1 atom stereocenters. The standard InChI is InChI=1S/C21H22ClN3O5S2/c1-3-29-21(26)16-9-4-5-10-25(16)32(27,28)18-12-17(31-13(18)2)20-23-19(24-30-20)14-7-6-8-15(22)11-14/h6-8,11-12,16H,3-5,9-10H2,1-2H3/t16-/m0/s1. The van der Waals surface area contributed by atoms with Gasteiger partial charge >= 0.3 is 5.97 Å². The summed E-state index contributed by atoms with van der Waals surface area (Å²) >= 11 is 7.28. The molecule has 1 aliphatic rings. The lowest BCUT2D eigenvalue weighted by Gasteiger charge is -2.32. The summed E-state index contributed by atoms with van der Waals surface area (Å²) < 4.78 is 38.7. The van der Waals surface area contributed by atoms with E-state index in [-0.39, 0.29) is 23.9 Å². The third-order valence-electron chi connectivity index (χ3n) is 5.19. The molecule has 0 amide bonds. The van der Waals surface area contributed by atoms with E-state index < -0.39 is 22.0 Å². The summed E-state index contributed by atoms with van der Waals surface area (Å²) in [5.41, 5.74) is 0.694. The topological polar surface area (TPSA) is 103 Å². The first-order chi connectivity index (χ1) is 15.3. The minimum Gasteiger partial charge on any atom is -0.465 e. The van der Waals surface area contributed by atoms with Crippen molar-refractivity contribution in [1.82, 2.24) is 14.4 Å². The third-order valence-corrected chi connectivity index (χ3v) is 8.63. The lowest BCUT2D eigenvalue weighted by molar-refractivity contribution is -0.148. The summed E-state index contributed by atoms with van der Waals surface area (Å²) in [6, 6.07) is 7.78. The molecule has 1 aliphatic heterocycles. The van der Waals surface area contributed by atoms with Gasteiger partial charge in [-0.05, 0) is 51.3 Å². The fourth-order valence-electron chi connectivity index (χ4n) is 3.69. The molecular formula is C21H22ClN3O5S2. The van der Waals surface area contributed by atoms with Gasteiger partial charge in [-0.1, -0.05) is 28.9 Å². The Balaban J connectivity index is 1.65. The summed E-state index contributed by atoms with van der Waals surface area (Å²) in [4.78, 5) is 18.0. The number of ether oxygens (including phenoxy) is 1. The molecular weight excluding hydrogens is 474 g/mol. The lowest BCUT2D eigenvalue weighted by atomic mass is 10.1. The third kappa shape index (κ3) is 4.45. The number of hydrogen-bond acceptors (Lipinski definition) is 8. The van der Waals surface area contributed by atoms with Gasteiger partial charge < -0.3 is 9.26 Å². The fraction of sp³-hybridized carbons (Fsp3) is 0.381. The molecule has 1 fully saturated rings. The van der Waals surface area contributed by atoms with Gasteiger partial charge in [-0.25, -0.2) is 8.42 Å². The molecule has 0 unspecified atom stereocenters. The highest BCUT2D eigenvalue weighted by atomic mass is 35.5. The Labute approximate surface area is 195 Å². The molecule has 3 heterocycles. The number of halogens is 1. The molecule has 8 nitrogen and oxygen atoms in total. The predicted octanol–water partition coefficient (Wildman–Crippen LogP) is 4.53. The molecule has 1 aromatic carbocycles. The predicted molar refractivity (Wildman–Crippen MR) is 121 cm³/mol. The van der Waals surface area contributed by atoms with Crippen LogP contribution in [0.2, 0.25) is 5.02 Å². The normalized spacial score (nSPS) is 17.4. The number of benzene rings is 1. The number of carbonyl (C=O) groups excluding carboxylic acids is 1. The van der Waals surface area contributed by atoms with Crippen molar-refractivity contribution in [3.8, 4) is 22.2 Å². The highest BCUT2D eigenvalue weighted by Crippen LogP contribution is 2.36. The number of aryl methyl sites for hydroxylation is 1. The molecule has 0 spiro atoms. The van der Waals surface area contributed by atoms with Crippen LogP contribution in [0.5, 0.6) is 0 Å². The zero-order valence-electron chi connectivity index (χ0n) is 17.6. The molecule has 3 aromatic rings. The van der Waals surface area contributed by atoms with Crippen LogP contribution >= 0.6 is 22.9 Å². The van der Waals surface area contributed by atoms with Crippen molar-refractivity contribution in [3.63, 3.8) is 0 Å². The Morgan fingerprint density at radius 3 is 2.91 bits per heavy atom. The van der Waals surface area contributed by atoms with E-state index in [0.29, 0.717) is 39.0 Å². The molecule has 0 N–H and O–H groups in total. The fourth-order valence-corrected chi connectivity index (χ4v) is 7.01. The Hall–Kier alpha value is -2.27. The molecule has 11 heteroatoms. The van der Waals surface area contributed by atoms with Crippen LogP contribution in [0.25, 0.3) is 22.2 Å².